The molecule has 0 aromatic carbocycles. The van der Waals surface area contributed by atoms with E-state index in [1.54, 1.807) is 13.8 Å². The average Bonchev–Trinajstić information content (AvgIpc) is 2.79. The predicted molar refractivity (Wildman–Crippen MR) is 89.8 cm³/mol. The maximum atomic E-state index is 12.5. The number of aryl methyl sites for hydroxylation is 1. The number of amides is 1. The van der Waals surface area contributed by atoms with E-state index in [9.17, 15) is 14.7 Å². The first-order valence-corrected chi connectivity index (χ1v) is 8.55. The summed E-state index contributed by atoms with van der Waals surface area (Å²) in [6.45, 7) is 7.58. The van der Waals surface area contributed by atoms with E-state index >= 15 is 0 Å². The Morgan fingerprint density at radius 1 is 1.22 bits per heavy atom. The van der Waals surface area contributed by atoms with Gasteiger partial charge >= 0.3 is 5.97 Å². The molecule has 1 atom stereocenters. The summed E-state index contributed by atoms with van der Waals surface area (Å²) in [4.78, 5) is 23.8. The first kappa shape index (κ1) is 17.6. The Balaban J connectivity index is 2.23. The van der Waals surface area contributed by atoms with E-state index in [1.165, 1.54) is 19.3 Å². The summed E-state index contributed by atoms with van der Waals surface area (Å²) in [5.41, 5.74) is 2.62. The second kappa shape index (κ2) is 7.20. The third kappa shape index (κ3) is 3.77. The largest absolute Gasteiger partial charge is 0.480 e. The number of hydrogen-bond donors (Lipinski definition) is 2. The number of carboxylic acids is 1. The topological polar surface area (TPSA) is 71.3 Å². The predicted octanol–water partition coefficient (Wildman–Crippen LogP) is 3.45. The van der Waals surface area contributed by atoms with Crippen LogP contribution in [0.4, 0.5) is 0 Å². The van der Waals surface area contributed by atoms with Crippen LogP contribution in [0.5, 0.6) is 0 Å². The number of rotatable bonds is 5. The van der Waals surface area contributed by atoms with Gasteiger partial charge in [0.05, 0.1) is 5.56 Å². The Kier molecular flexibility index (Phi) is 5.50. The summed E-state index contributed by atoms with van der Waals surface area (Å²) in [6, 6.07) is 1.49. The van der Waals surface area contributed by atoms with Crippen LogP contribution in [0.15, 0.2) is 6.07 Å². The van der Waals surface area contributed by atoms with Crippen molar-refractivity contribution in [3.63, 3.8) is 0 Å². The highest BCUT2D eigenvalue weighted by Crippen LogP contribution is 2.32. The maximum absolute atomic E-state index is 12.5. The van der Waals surface area contributed by atoms with Crippen molar-refractivity contribution >= 4 is 11.9 Å². The molecule has 2 rings (SSSR count). The molecule has 0 radical (unpaired) electrons. The molecule has 0 spiro atoms. The van der Waals surface area contributed by atoms with Gasteiger partial charge in [0, 0.05) is 17.4 Å². The molecule has 23 heavy (non-hydrogen) atoms. The summed E-state index contributed by atoms with van der Waals surface area (Å²) in [5.74, 6) is -1.44. The molecule has 0 saturated heterocycles. The van der Waals surface area contributed by atoms with E-state index in [0.717, 1.165) is 24.2 Å². The van der Waals surface area contributed by atoms with Gasteiger partial charge in [-0.3, -0.25) is 4.79 Å². The maximum Gasteiger partial charge on any atom is 0.326 e. The van der Waals surface area contributed by atoms with Gasteiger partial charge < -0.3 is 15.0 Å². The van der Waals surface area contributed by atoms with Crippen LogP contribution in [0.3, 0.4) is 0 Å². The van der Waals surface area contributed by atoms with E-state index < -0.39 is 12.0 Å². The van der Waals surface area contributed by atoms with Gasteiger partial charge in [-0.15, -0.1) is 0 Å². The Morgan fingerprint density at radius 3 is 2.35 bits per heavy atom. The summed E-state index contributed by atoms with van der Waals surface area (Å²) in [7, 11) is 0. The van der Waals surface area contributed by atoms with Crippen molar-refractivity contribution in [2.45, 2.75) is 71.9 Å². The normalized spacial score (nSPS) is 17.3. The summed E-state index contributed by atoms with van der Waals surface area (Å²) in [6.07, 6.45) is 6.07. The molecule has 1 amide bonds. The quantitative estimate of drug-likeness (QED) is 0.873. The first-order chi connectivity index (χ1) is 10.8. The van der Waals surface area contributed by atoms with E-state index in [2.05, 4.69) is 9.88 Å². The van der Waals surface area contributed by atoms with Gasteiger partial charge in [-0.1, -0.05) is 33.1 Å². The zero-order valence-electron chi connectivity index (χ0n) is 14.6. The monoisotopic (exact) mass is 320 g/mol. The molecule has 1 heterocycles. The molecule has 1 aromatic heterocycles. The van der Waals surface area contributed by atoms with Crippen molar-refractivity contribution in [1.82, 2.24) is 9.88 Å². The van der Waals surface area contributed by atoms with Crippen molar-refractivity contribution in [3.05, 3.63) is 23.0 Å². The molecule has 0 bridgehead atoms. The number of carboxylic acid groups (broad SMARTS) is 1. The number of carbonyl (C=O) groups is 2. The molecule has 1 fully saturated rings. The van der Waals surface area contributed by atoms with E-state index in [0.29, 0.717) is 11.6 Å². The van der Waals surface area contributed by atoms with Gasteiger partial charge in [0.2, 0.25) is 0 Å². The molecule has 1 saturated carbocycles. The second-order valence-electron chi connectivity index (χ2n) is 6.98. The van der Waals surface area contributed by atoms with Crippen molar-refractivity contribution < 1.29 is 14.7 Å². The van der Waals surface area contributed by atoms with Crippen LogP contribution in [-0.2, 0) is 4.79 Å². The van der Waals surface area contributed by atoms with Crippen molar-refractivity contribution in [2.75, 3.05) is 0 Å². The summed E-state index contributed by atoms with van der Waals surface area (Å²) >= 11 is 0. The average molecular weight is 320 g/mol. The zero-order valence-corrected chi connectivity index (χ0v) is 14.6. The molecular formula is C18H28N2O3. The molecule has 1 aliphatic rings. The number of aliphatic carboxylic acids is 1. The number of nitrogens with zero attached hydrogens (tertiary/aromatic N) is 1. The van der Waals surface area contributed by atoms with E-state index in [1.807, 2.05) is 19.9 Å². The fraction of sp³-hybridized carbons (Fsp3) is 0.667. The number of nitrogens with one attached hydrogen (secondary N) is 1. The Bertz CT molecular complexity index is 583. The smallest absolute Gasteiger partial charge is 0.326 e. The van der Waals surface area contributed by atoms with Crippen LogP contribution in [-0.4, -0.2) is 27.6 Å². The van der Waals surface area contributed by atoms with Crippen molar-refractivity contribution in [2.24, 2.45) is 5.92 Å². The van der Waals surface area contributed by atoms with Crippen LogP contribution in [0.1, 0.15) is 73.7 Å². The van der Waals surface area contributed by atoms with E-state index in [-0.39, 0.29) is 11.8 Å². The highest BCUT2D eigenvalue weighted by Gasteiger charge is 2.27. The summed E-state index contributed by atoms with van der Waals surface area (Å²) < 4.78 is 2.26. The van der Waals surface area contributed by atoms with Crippen molar-refractivity contribution in [3.8, 4) is 0 Å². The lowest BCUT2D eigenvalue weighted by molar-refractivity contribution is -0.140. The minimum absolute atomic E-state index is 0.154. The fourth-order valence-corrected chi connectivity index (χ4v) is 3.64. The number of aromatic nitrogens is 1. The molecule has 2 N–H and O–H groups in total. The molecule has 128 valence electrons. The molecular weight excluding hydrogens is 292 g/mol. The lowest BCUT2D eigenvalue weighted by atomic mass is 9.95. The minimum Gasteiger partial charge on any atom is -0.480 e. The third-order valence-electron chi connectivity index (χ3n) is 4.89. The van der Waals surface area contributed by atoms with Gasteiger partial charge in [-0.25, -0.2) is 4.79 Å². The molecule has 5 heteroatoms. The Labute approximate surface area is 138 Å². The number of hydrogen-bond acceptors (Lipinski definition) is 2. The Morgan fingerprint density at radius 2 is 1.83 bits per heavy atom. The molecule has 0 aliphatic heterocycles. The van der Waals surface area contributed by atoms with E-state index in [4.69, 9.17) is 0 Å². The standard InChI is InChI=1S/C18H28N2O3/c1-11(2)16(18(22)23)19-17(21)15-10-12(3)20(13(15)4)14-8-6-5-7-9-14/h10-11,14,16H,5-9H2,1-4H3,(H,19,21)(H,22,23). The number of carbonyl (C=O) groups excluding carboxylic acids is 1. The molecule has 1 aliphatic carbocycles. The molecule has 1 aromatic rings. The lowest BCUT2D eigenvalue weighted by Gasteiger charge is -2.26. The summed E-state index contributed by atoms with van der Waals surface area (Å²) in [5, 5.41) is 11.9. The highest BCUT2D eigenvalue weighted by atomic mass is 16.4. The fourth-order valence-electron chi connectivity index (χ4n) is 3.64. The zero-order chi connectivity index (χ0) is 17.1. The molecule has 5 nitrogen and oxygen atoms in total. The molecule has 1 unspecified atom stereocenters. The van der Waals surface area contributed by atoms with Crippen molar-refractivity contribution in [1.29, 1.82) is 0 Å². The van der Waals surface area contributed by atoms with Gasteiger partial charge in [0.1, 0.15) is 6.04 Å². The van der Waals surface area contributed by atoms with Gasteiger partial charge in [-0.05, 0) is 38.7 Å². The third-order valence-corrected chi connectivity index (χ3v) is 4.89. The van der Waals surface area contributed by atoms with Gasteiger partial charge in [-0.2, -0.15) is 0 Å². The minimum atomic E-state index is -0.991. The van der Waals surface area contributed by atoms with Gasteiger partial charge in [0.15, 0.2) is 0 Å². The Hall–Kier alpha value is -1.78. The second-order valence-corrected chi connectivity index (χ2v) is 6.98. The van der Waals surface area contributed by atoms with Crippen LogP contribution in [0, 0.1) is 19.8 Å². The SMILES string of the molecule is Cc1cc(C(=O)NC(C(=O)O)C(C)C)c(C)n1C1CCCCC1. The van der Waals surface area contributed by atoms with Crippen LogP contribution in [0.2, 0.25) is 0 Å². The van der Waals surface area contributed by atoms with Crippen LogP contribution in [0.25, 0.3) is 0 Å². The highest BCUT2D eigenvalue weighted by molar-refractivity contribution is 5.98. The lowest BCUT2D eigenvalue weighted by Crippen LogP contribution is -2.44. The first-order valence-electron chi connectivity index (χ1n) is 8.55. The van der Waals surface area contributed by atoms with Crippen LogP contribution >= 0.6 is 0 Å². The van der Waals surface area contributed by atoms with Crippen LogP contribution < -0.4 is 5.32 Å². The van der Waals surface area contributed by atoms with Gasteiger partial charge in [0.25, 0.3) is 5.91 Å².